The largest absolute Gasteiger partial charge is 1.00 e. The third-order valence-corrected chi connectivity index (χ3v) is 2.47. The number of benzene rings is 1. The first-order valence-corrected chi connectivity index (χ1v) is 5.01. The molecule has 0 aliphatic carbocycles. The summed E-state index contributed by atoms with van der Waals surface area (Å²) in [6, 6.07) is 9.14. The summed E-state index contributed by atoms with van der Waals surface area (Å²) in [6.45, 7) is 0.835. The number of carbonyl (C=O) groups is 1. The Morgan fingerprint density at radius 1 is 1.29 bits per heavy atom. The Morgan fingerprint density at radius 2 is 1.88 bits per heavy atom. The van der Waals surface area contributed by atoms with Crippen molar-refractivity contribution in [3.05, 3.63) is 41.1 Å². The summed E-state index contributed by atoms with van der Waals surface area (Å²) >= 11 is 0. The first kappa shape index (κ1) is 14.6. The molecule has 0 aromatic heterocycles. The number of nitrogens with one attached hydrogen (secondary N) is 1. The number of carbonyl (C=O) groups excluding carboxylic acids is 1. The van der Waals surface area contributed by atoms with Gasteiger partial charge in [0.1, 0.15) is 0 Å². The van der Waals surface area contributed by atoms with E-state index in [9.17, 15) is 10.0 Å². The van der Waals surface area contributed by atoms with E-state index in [4.69, 9.17) is 9.47 Å². The summed E-state index contributed by atoms with van der Waals surface area (Å²) in [5.41, 5.74) is 2.08. The number of amides is 1. The van der Waals surface area contributed by atoms with Gasteiger partial charge in [0.25, 0.3) is 0 Å². The number of hydrogen-bond acceptors (Lipinski definition) is 4. The summed E-state index contributed by atoms with van der Waals surface area (Å²) in [5.74, 6) is -1.75. The Bertz CT molecular complexity index is 365. The Balaban J connectivity index is 0.00000144. The molecule has 0 unspecified atom stereocenters. The van der Waals surface area contributed by atoms with Crippen molar-refractivity contribution in [2.24, 2.45) is 0 Å². The van der Waals surface area contributed by atoms with Crippen molar-refractivity contribution in [3.8, 4) is 0 Å². The van der Waals surface area contributed by atoms with E-state index in [1.165, 1.54) is 5.48 Å². The molecule has 6 heteroatoms. The van der Waals surface area contributed by atoms with Crippen LogP contribution < -0.4 is 35.0 Å². The number of hydrogen-bond donors (Lipinski definition) is 1. The first-order chi connectivity index (χ1) is 7.77. The fraction of sp³-hybridized carbons (Fsp3) is 0.364. The minimum absolute atomic E-state index is 0. The Kier molecular flexibility index (Phi) is 5.58. The van der Waals surface area contributed by atoms with E-state index < -0.39 is 11.7 Å². The van der Waals surface area contributed by atoms with Crippen LogP contribution in [0.25, 0.3) is 0 Å². The van der Waals surface area contributed by atoms with Gasteiger partial charge in [-0.1, -0.05) is 30.3 Å². The Labute approximate surface area is 121 Å². The van der Waals surface area contributed by atoms with E-state index >= 15 is 0 Å². The molecule has 5 nitrogen and oxygen atoms in total. The second-order valence-electron chi connectivity index (χ2n) is 3.52. The van der Waals surface area contributed by atoms with Gasteiger partial charge in [-0.15, -0.1) is 0 Å². The summed E-state index contributed by atoms with van der Waals surface area (Å²) in [4.78, 5) is 11.2. The number of ether oxygens (including phenoxy) is 2. The smallest absolute Gasteiger partial charge is 0.759 e. The summed E-state index contributed by atoms with van der Waals surface area (Å²) in [5, 5.41) is 10.3. The van der Waals surface area contributed by atoms with Gasteiger partial charge in [-0.3, -0.25) is 4.79 Å². The van der Waals surface area contributed by atoms with Crippen LogP contribution in [0.15, 0.2) is 30.3 Å². The maximum atomic E-state index is 11.2. The van der Waals surface area contributed by atoms with Crippen LogP contribution in [0.5, 0.6) is 0 Å². The summed E-state index contributed by atoms with van der Waals surface area (Å²) in [7, 11) is 0. The maximum Gasteiger partial charge on any atom is 1.00 e. The number of rotatable bonds is 3. The second kappa shape index (κ2) is 6.49. The van der Waals surface area contributed by atoms with Crippen LogP contribution in [-0.4, -0.2) is 19.1 Å². The van der Waals surface area contributed by atoms with Crippen molar-refractivity contribution >= 4 is 5.91 Å². The van der Waals surface area contributed by atoms with Gasteiger partial charge < -0.3 is 20.2 Å². The van der Waals surface area contributed by atoms with E-state index in [0.717, 1.165) is 5.56 Å². The molecule has 86 valence electrons. The molecule has 1 fully saturated rings. The Hall–Kier alpha value is -0.430. The maximum absolute atomic E-state index is 11.2. The summed E-state index contributed by atoms with van der Waals surface area (Å²) in [6.07, 6.45) is -0.124. The van der Waals surface area contributed by atoms with Crippen molar-refractivity contribution in [1.29, 1.82) is 0 Å². The molecule has 0 atom stereocenters. The standard InChI is InChI=1S/C11H12NO4.Na/c13-10(12-14)8-11(15-6-7-16-11)9-4-2-1-3-5-9;/h1-5H,6-8H2,(H-,12,13,14);/q-1;+1. The number of hydroxylamine groups is 1. The third kappa shape index (κ3) is 3.28. The molecule has 1 amide bonds. The van der Waals surface area contributed by atoms with Crippen LogP contribution in [0.2, 0.25) is 0 Å². The monoisotopic (exact) mass is 245 g/mol. The van der Waals surface area contributed by atoms with Crippen molar-refractivity contribution < 1.29 is 43.8 Å². The van der Waals surface area contributed by atoms with Gasteiger partial charge >= 0.3 is 29.6 Å². The fourth-order valence-corrected chi connectivity index (χ4v) is 1.77. The zero-order chi connectivity index (χ0) is 11.4. The molecule has 0 saturated carbocycles. The molecule has 1 N–H and O–H groups in total. The van der Waals surface area contributed by atoms with E-state index in [1.807, 2.05) is 30.3 Å². The predicted octanol–water partition coefficient (Wildman–Crippen LogP) is -2.11. The molecule has 2 rings (SSSR count). The zero-order valence-electron chi connectivity index (χ0n) is 9.64. The van der Waals surface area contributed by atoms with Gasteiger partial charge in [0.2, 0.25) is 11.7 Å². The second-order valence-corrected chi connectivity index (χ2v) is 3.52. The molecule has 1 saturated heterocycles. The Morgan fingerprint density at radius 3 is 2.41 bits per heavy atom. The normalized spacial score (nSPS) is 17.2. The average Bonchev–Trinajstić information content (AvgIpc) is 2.80. The topological polar surface area (TPSA) is 70.6 Å². The molecule has 0 radical (unpaired) electrons. The molecular formula is C11H12NNaO4. The van der Waals surface area contributed by atoms with Gasteiger partial charge in [-0.05, 0) is 0 Å². The molecule has 1 aliphatic rings. The van der Waals surface area contributed by atoms with Crippen LogP contribution in [-0.2, 0) is 20.1 Å². The van der Waals surface area contributed by atoms with Crippen molar-refractivity contribution in [2.45, 2.75) is 12.2 Å². The molecule has 1 aromatic rings. The minimum atomic E-state index is -1.10. The minimum Gasteiger partial charge on any atom is -0.759 e. The average molecular weight is 245 g/mol. The van der Waals surface area contributed by atoms with Crippen molar-refractivity contribution in [1.82, 2.24) is 5.48 Å². The molecule has 0 bridgehead atoms. The van der Waals surface area contributed by atoms with Gasteiger partial charge in [-0.25, -0.2) is 0 Å². The van der Waals surface area contributed by atoms with Crippen LogP contribution in [0.1, 0.15) is 12.0 Å². The molecule has 1 aromatic carbocycles. The van der Waals surface area contributed by atoms with Gasteiger partial charge in [-0.2, -0.15) is 0 Å². The molecular weight excluding hydrogens is 233 g/mol. The van der Waals surface area contributed by atoms with E-state index in [1.54, 1.807) is 0 Å². The van der Waals surface area contributed by atoms with Crippen LogP contribution in [0, 0.1) is 5.21 Å². The molecule has 1 heterocycles. The van der Waals surface area contributed by atoms with Gasteiger partial charge in [0.05, 0.1) is 19.6 Å². The molecule has 1 aliphatic heterocycles. The van der Waals surface area contributed by atoms with Crippen LogP contribution >= 0.6 is 0 Å². The third-order valence-electron chi connectivity index (χ3n) is 2.47. The molecule has 17 heavy (non-hydrogen) atoms. The van der Waals surface area contributed by atoms with E-state index in [-0.39, 0.29) is 36.0 Å². The molecule has 0 spiro atoms. The quantitative estimate of drug-likeness (QED) is 0.489. The predicted molar refractivity (Wildman–Crippen MR) is 56.2 cm³/mol. The van der Waals surface area contributed by atoms with Crippen LogP contribution in [0.3, 0.4) is 0 Å². The van der Waals surface area contributed by atoms with Crippen molar-refractivity contribution in [3.63, 3.8) is 0 Å². The van der Waals surface area contributed by atoms with E-state index in [0.29, 0.717) is 13.2 Å². The van der Waals surface area contributed by atoms with E-state index in [2.05, 4.69) is 0 Å². The summed E-state index contributed by atoms with van der Waals surface area (Å²) < 4.78 is 11.0. The van der Waals surface area contributed by atoms with Gasteiger partial charge in [0, 0.05) is 5.56 Å². The van der Waals surface area contributed by atoms with Gasteiger partial charge in [0.15, 0.2) is 0 Å². The zero-order valence-corrected chi connectivity index (χ0v) is 11.6. The fourth-order valence-electron chi connectivity index (χ4n) is 1.77. The van der Waals surface area contributed by atoms with Crippen molar-refractivity contribution in [2.75, 3.05) is 13.2 Å². The van der Waals surface area contributed by atoms with Crippen LogP contribution in [0.4, 0.5) is 0 Å². The SMILES string of the molecule is O=C(CC1(c2ccccc2)OCCO1)N[O-].[Na+]. The first-order valence-electron chi connectivity index (χ1n) is 5.01.